The number of hydrogen-bond acceptors (Lipinski definition) is 5. The van der Waals surface area contributed by atoms with Gasteiger partial charge in [-0.15, -0.1) is 0 Å². The lowest BCUT2D eigenvalue weighted by atomic mass is 10.0. The number of carboxylic acids is 1. The van der Waals surface area contributed by atoms with Crippen LogP contribution >= 0.6 is 0 Å². The van der Waals surface area contributed by atoms with Crippen molar-refractivity contribution in [1.82, 2.24) is 5.32 Å². The third kappa shape index (κ3) is 4.39. The summed E-state index contributed by atoms with van der Waals surface area (Å²) in [6, 6.07) is 11.4. The molecule has 0 unspecified atom stereocenters. The van der Waals surface area contributed by atoms with Crippen molar-refractivity contribution in [3.8, 4) is 0 Å². The van der Waals surface area contributed by atoms with E-state index < -0.39 is 29.3 Å². The number of nitrogens with zero attached hydrogens (tertiary/aromatic N) is 1. The molecule has 0 bridgehead atoms. The summed E-state index contributed by atoms with van der Waals surface area (Å²) in [4.78, 5) is 33.6. The lowest BCUT2D eigenvalue weighted by molar-refractivity contribution is -0.385. The monoisotopic (exact) mass is 327 g/mol. The van der Waals surface area contributed by atoms with E-state index >= 15 is 0 Å². The average Bonchev–Trinajstić information content (AvgIpc) is 2.54. The summed E-state index contributed by atoms with van der Waals surface area (Å²) in [6.07, 6.45) is -0.487. The van der Waals surface area contributed by atoms with Crippen LogP contribution in [0.15, 0.2) is 48.5 Å². The van der Waals surface area contributed by atoms with Crippen LogP contribution in [0.25, 0.3) is 0 Å². The van der Waals surface area contributed by atoms with Crippen molar-refractivity contribution in [1.29, 1.82) is 0 Å². The zero-order chi connectivity index (χ0) is 17.7. The molecule has 1 N–H and O–H groups in total. The fourth-order valence-corrected chi connectivity index (χ4v) is 2.30. The topological polar surface area (TPSA) is 112 Å². The quantitative estimate of drug-likeness (QED) is 0.638. The van der Waals surface area contributed by atoms with Crippen molar-refractivity contribution in [3.05, 3.63) is 75.3 Å². The van der Waals surface area contributed by atoms with Crippen molar-refractivity contribution in [2.75, 3.05) is 0 Å². The van der Waals surface area contributed by atoms with Crippen molar-refractivity contribution >= 4 is 17.6 Å². The summed E-state index contributed by atoms with van der Waals surface area (Å²) in [5, 5.41) is 24.4. The lowest BCUT2D eigenvalue weighted by Crippen LogP contribution is -2.34. The molecule has 24 heavy (non-hydrogen) atoms. The second-order valence-electron chi connectivity index (χ2n) is 5.32. The third-order valence-electron chi connectivity index (χ3n) is 3.44. The minimum atomic E-state index is -1.36. The first-order chi connectivity index (χ1) is 11.4. The highest BCUT2D eigenvalue weighted by molar-refractivity contribution is 5.94. The Kier molecular flexibility index (Phi) is 5.26. The second-order valence-corrected chi connectivity index (χ2v) is 5.32. The van der Waals surface area contributed by atoms with Crippen LogP contribution in [0.3, 0.4) is 0 Å². The maximum Gasteiger partial charge on any atom is 0.269 e. The van der Waals surface area contributed by atoms with Gasteiger partial charge in [0.05, 0.1) is 11.0 Å². The van der Waals surface area contributed by atoms with E-state index in [4.69, 9.17) is 0 Å². The first-order valence-electron chi connectivity index (χ1n) is 7.18. The molecule has 1 amide bonds. The molecule has 7 nitrogen and oxygen atoms in total. The highest BCUT2D eigenvalue weighted by atomic mass is 16.6. The molecule has 124 valence electrons. The molecule has 0 heterocycles. The van der Waals surface area contributed by atoms with Crippen LogP contribution in [0.5, 0.6) is 0 Å². The fourth-order valence-electron chi connectivity index (χ4n) is 2.30. The number of aryl methyl sites for hydroxylation is 1. The van der Waals surface area contributed by atoms with Gasteiger partial charge in [-0.25, -0.2) is 0 Å². The van der Waals surface area contributed by atoms with Gasteiger partial charge in [0.25, 0.3) is 11.6 Å². The van der Waals surface area contributed by atoms with Gasteiger partial charge >= 0.3 is 0 Å². The summed E-state index contributed by atoms with van der Waals surface area (Å²) in [7, 11) is 0. The number of rotatable bonds is 6. The normalized spacial score (nSPS) is 11.5. The van der Waals surface area contributed by atoms with Gasteiger partial charge in [0.2, 0.25) is 0 Å². The summed E-state index contributed by atoms with van der Waals surface area (Å²) >= 11 is 0. The van der Waals surface area contributed by atoms with E-state index in [1.54, 1.807) is 18.2 Å². The summed E-state index contributed by atoms with van der Waals surface area (Å²) in [5.74, 6) is -1.83. The summed E-state index contributed by atoms with van der Waals surface area (Å²) in [6.45, 7) is 1.83. The predicted octanol–water partition coefficient (Wildman–Crippen LogP) is 1.51. The van der Waals surface area contributed by atoms with Crippen LogP contribution in [0, 0.1) is 17.0 Å². The van der Waals surface area contributed by atoms with Gasteiger partial charge < -0.3 is 15.2 Å². The van der Waals surface area contributed by atoms with Crippen LogP contribution < -0.4 is 10.4 Å². The first-order valence-corrected chi connectivity index (χ1v) is 7.18. The number of amides is 1. The molecule has 0 aromatic heterocycles. The predicted molar refractivity (Wildman–Crippen MR) is 84.1 cm³/mol. The number of aliphatic carboxylic acids is 1. The van der Waals surface area contributed by atoms with E-state index in [0.717, 1.165) is 5.56 Å². The molecular weight excluding hydrogens is 312 g/mol. The van der Waals surface area contributed by atoms with Crippen molar-refractivity contribution in [2.24, 2.45) is 0 Å². The summed E-state index contributed by atoms with van der Waals surface area (Å²) in [5.41, 5.74) is 1.41. The van der Waals surface area contributed by atoms with Crippen molar-refractivity contribution < 1.29 is 19.6 Å². The van der Waals surface area contributed by atoms with Gasteiger partial charge in [0, 0.05) is 30.1 Å². The number of carboxylic acid groups (broad SMARTS) is 1. The Morgan fingerprint density at radius 1 is 1.17 bits per heavy atom. The highest BCUT2D eigenvalue weighted by Crippen LogP contribution is 2.22. The number of benzene rings is 2. The smallest absolute Gasteiger partial charge is 0.269 e. The van der Waals surface area contributed by atoms with Crippen LogP contribution in [0.2, 0.25) is 0 Å². The zero-order valence-corrected chi connectivity index (χ0v) is 12.9. The van der Waals surface area contributed by atoms with E-state index in [0.29, 0.717) is 11.1 Å². The Hall–Kier alpha value is -3.22. The molecule has 0 radical (unpaired) electrons. The summed E-state index contributed by atoms with van der Waals surface area (Å²) < 4.78 is 0. The molecule has 0 aliphatic rings. The molecule has 2 rings (SSSR count). The van der Waals surface area contributed by atoms with Gasteiger partial charge in [-0.05, 0) is 24.6 Å². The molecular formula is C17H15N2O5-. The Balaban J connectivity index is 2.28. The molecule has 0 saturated heterocycles. The van der Waals surface area contributed by atoms with Gasteiger partial charge in [-0.1, -0.05) is 29.8 Å². The average molecular weight is 327 g/mol. The standard InChI is InChI=1S/C17H16N2O5/c1-11-4-2-6-13(8-11)17(22)18-15(10-16(20)21)12-5-3-7-14(9-12)19(23)24/h2-9,15H,10H2,1H3,(H,18,22)(H,20,21)/p-1/t15-/m0/s1. The SMILES string of the molecule is Cc1cccc(C(=O)N[C@@H](CC(=O)[O-])c2cccc([N+](=O)[O-])c2)c1. The molecule has 7 heteroatoms. The molecule has 1 atom stereocenters. The Morgan fingerprint density at radius 3 is 2.50 bits per heavy atom. The Bertz CT molecular complexity index is 788. The molecule has 0 aliphatic heterocycles. The number of non-ortho nitro benzene ring substituents is 1. The zero-order valence-electron chi connectivity index (χ0n) is 12.9. The van der Waals surface area contributed by atoms with Crippen molar-refractivity contribution in [3.63, 3.8) is 0 Å². The molecule has 0 spiro atoms. The van der Waals surface area contributed by atoms with Crippen molar-refractivity contribution in [2.45, 2.75) is 19.4 Å². The second kappa shape index (κ2) is 7.36. The maximum absolute atomic E-state index is 12.3. The maximum atomic E-state index is 12.3. The van der Waals surface area contributed by atoms with Gasteiger partial charge in [-0.3, -0.25) is 14.9 Å². The first kappa shape index (κ1) is 17.1. The van der Waals surface area contributed by atoms with Gasteiger partial charge in [0.1, 0.15) is 0 Å². The number of nitro groups is 1. The Labute approximate surface area is 138 Å². The van der Waals surface area contributed by atoms with E-state index in [1.807, 2.05) is 13.0 Å². The van der Waals surface area contributed by atoms with E-state index in [1.165, 1.54) is 24.3 Å². The van der Waals surface area contributed by atoms with Crippen LogP contribution in [0.1, 0.15) is 33.9 Å². The Morgan fingerprint density at radius 2 is 1.88 bits per heavy atom. The minimum Gasteiger partial charge on any atom is -0.550 e. The van der Waals surface area contributed by atoms with E-state index in [-0.39, 0.29) is 5.69 Å². The molecule has 0 fully saturated rings. The number of nitro benzene ring substituents is 1. The van der Waals surface area contributed by atoms with Crippen LogP contribution in [-0.4, -0.2) is 16.8 Å². The highest BCUT2D eigenvalue weighted by Gasteiger charge is 2.18. The molecule has 0 saturated carbocycles. The van der Waals surface area contributed by atoms with Crippen LogP contribution in [0.4, 0.5) is 5.69 Å². The van der Waals surface area contributed by atoms with Crippen LogP contribution in [-0.2, 0) is 4.79 Å². The fraction of sp³-hybridized carbons (Fsp3) is 0.176. The minimum absolute atomic E-state index is 0.180. The number of hydrogen-bond donors (Lipinski definition) is 1. The number of carbonyl (C=O) groups excluding carboxylic acids is 2. The lowest BCUT2D eigenvalue weighted by Gasteiger charge is -2.20. The van der Waals surface area contributed by atoms with E-state index in [9.17, 15) is 24.8 Å². The number of nitrogens with one attached hydrogen (secondary N) is 1. The number of carbonyl (C=O) groups is 2. The van der Waals surface area contributed by atoms with Gasteiger partial charge in [-0.2, -0.15) is 0 Å². The van der Waals surface area contributed by atoms with E-state index in [2.05, 4.69) is 5.32 Å². The third-order valence-corrected chi connectivity index (χ3v) is 3.44. The molecule has 0 aliphatic carbocycles. The van der Waals surface area contributed by atoms with Gasteiger partial charge in [0.15, 0.2) is 0 Å². The molecule has 2 aromatic carbocycles. The largest absolute Gasteiger partial charge is 0.550 e. The molecule has 2 aromatic rings.